The Bertz CT molecular complexity index is 109. The summed E-state index contributed by atoms with van der Waals surface area (Å²) < 4.78 is 0. The minimum atomic E-state index is 0. The average molecular weight is 184 g/mol. The van der Waals surface area contributed by atoms with Crippen LogP contribution in [0.25, 0.3) is 10.6 Å². The first-order valence-electron chi connectivity index (χ1n) is 4.58. The van der Waals surface area contributed by atoms with Gasteiger partial charge in [-0.3, -0.25) is 0 Å². The van der Waals surface area contributed by atoms with Gasteiger partial charge in [0.05, 0.1) is 0 Å². The summed E-state index contributed by atoms with van der Waals surface area (Å²) in [5.41, 5.74) is 0.181. The van der Waals surface area contributed by atoms with Gasteiger partial charge in [0, 0.05) is 0 Å². The molecular weight excluding hydrogens is 162 g/mol. The van der Waals surface area contributed by atoms with Crippen LogP contribution in [0.1, 0.15) is 41.5 Å². The van der Waals surface area contributed by atoms with Gasteiger partial charge in [0.2, 0.25) is 0 Å². The molecule has 0 aromatic rings. The predicted molar refractivity (Wildman–Crippen MR) is 56.0 cm³/mol. The van der Waals surface area contributed by atoms with E-state index in [0.717, 1.165) is 13.1 Å². The van der Waals surface area contributed by atoms with Crippen LogP contribution >= 0.6 is 0 Å². The summed E-state index contributed by atoms with van der Waals surface area (Å²) >= 11 is 0. The molecule has 0 aliphatic carbocycles. The van der Waals surface area contributed by atoms with E-state index in [1.54, 1.807) is 0 Å². The predicted octanol–water partition coefficient (Wildman–Crippen LogP) is -2.66. The third kappa shape index (κ3) is 18.8. The normalized spacial score (nSPS) is 11.6. The molecule has 0 N–H and O–H groups in total. The second-order valence-corrected chi connectivity index (χ2v) is 5.11. The Morgan fingerprint density at radius 2 is 0.857 bits per heavy atom. The van der Waals surface area contributed by atoms with Gasteiger partial charge < -0.3 is 10.6 Å². The fourth-order valence-corrected chi connectivity index (χ4v) is 0.771. The van der Waals surface area contributed by atoms with Gasteiger partial charge in [-0.1, -0.05) is 41.5 Å². The molecule has 0 amide bonds. The van der Waals surface area contributed by atoms with Gasteiger partial charge in [-0.25, -0.2) is 0 Å². The van der Waals surface area contributed by atoms with Crippen LogP contribution in [0.2, 0.25) is 0 Å². The minimum absolute atomic E-state index is 0. The summed E-state index contributed by atoms with van der Waals surface area (Å²) in [4.78, 5) is 0. The first-order valence-corrected chi connectivity index (χ1v) is 4.58. The number of hydrogen-bond donors (Lipinski definition) is 0. The van der Waals surface area contributed by atoms with Crippen LogP contribution in [0.3, 0.4) is 0 Å². The Labute approximate surface area is 114 Å². The van der Waals surface area contributed by atoms with Gasteiger partial charge in [-0.05, 0) is 0 Å². The maximum atomic E-state index is 4.47. The van der Waals surface area contributed by atoms with E-state index in [1.807, 2.05) is 0 Å². The number of nitrogens with zero attached hydrogens (tertiary/aromatic N) is 2. The summed E-state index contributed by atoms with van der Waals surface area (Å²) in [6, 6.07) is 0. The molecule has 0 bridgehead atoms. The Kier molecular flexibility index (Phi) is 12.1. The number of hydrogen-bond acceptors (Lipinski definition) is 0. The minimum Gasteiger partial charge on any atom is -0.659 e. The maximum absolute atomic E-state index is 4.47. The van der Waals surface area contributed by atoms with Crippen LogP contribution in [-0.2, 0) is 0 Å². The number of rotatable bonds is 3. The van der Waals surface area contributed by atoms with E-state index in [4.69, 9.17) is 0 Å². The maximum Gasteiger partial charge on any atom is 1.00 e. The summed E-state index contributed by atoms with van der Waals surface area (Å²) in [7, 11) is 0. The molecule has 0 atom stereocenters. The molecule has 0 fully saturated rings. The smallest absolute Gasteiger partial charge is 0.659 e. The summed E-state index contributed by atoms with van der Waals surface area (Å²) in [6.45, 7) is 14.4. The third-order valence-electron chi connectivity index (χ3n) is 1.27. The van der Waals surface area contributed by atoms with E-state index in [1.165, 1.54) is 0 Å². The molecule has 74 valence electrons. The van der Waals surface area contributed by atoms with Crippen LogP contribution in [0.4, 0.5) is 0 Å². The van der Waals surface area contributed by atoms with Crippen molar-refractivity contribution in [1.82, 2.24) is 0 Å². The molecule has 14 heavy (non-hydrogen) atoms. The molecule has 0 rings (SSSR count). The Morgan fingerprint density at radius 1 is 0.643 bits per heavy atom. The van der Waals surface area contributed by atoms with Crippen molar-refractivity contribution in [1.29, 1.82) is 0 Å². The molecular formula is C10H22Li2N2. The standard InChI is InChI=1S/C10H22N2.2Li/c1-9(2,3)11-7-8-12-10(4,5)6;;/h7-8H2,1-6H3;;/q-2;2*+1. The van der Waals surface area contributed by atoms with E-state index < -0.39 is 0 Å². The molecule has 0 saturated heterocycles. The van der Waals surface area contributed by atoms with Crippen molar-refractivity contribution < 1.29 is 37.7 Å². The quantitative estimate of drug-likeness (QED) is 0.338. The fourth-order valence-electron chi connectivity index (χ4n) is 0.771. The van der Waals surface area contributed by atoms with Crippen molar-refractivity contribution in [3.05, 3.63) is 10.6 Å². The first kappa shape index (κ1) is 20.5. The molecule has 0 aliphatic heterocycles. The van der Waals surface area contributed by atoms with Crippen molar-refractivity contribution in [3.63, 3.8) is 0 Å². The van der Waals surface area contributed by atoms with Crippen molar-refractivity contribution in [2.75, 3.05) is 13.1 Å². The van der Waals surface area contributed by atoms with Crippen LogP contribution in [0.15, 0.2) is 0 Å². The average Bonchev–Trinajstić information content (AvgIpc) is 1.76. The Morgan fingerprint density at radius 3 is 1.00 bits per heavy atom. The van der Waals surface area contributed by atoms with Crippen LogP contribution in [0.5, 0.6) is 0 Å². The van der Waals surface area contributed by atoms with Crippen LogP contribution < -0.4 is 37.7 Å². The molecule has 0 radical (unpaired) electrons. The van der Waals surface area contributed by atoms with Crippen molar-refractivity contribution >= 4 is 0 Å². The van der Waals surface area contributed by atoms with Gasteiger partial charge in [-0.15, -0.1) is 11.1 Å². The molecule has 0 spiro atoms. The molecule has 2 nitrogen and oxygen atoms in total. The third-order valence-corrected chi connectivity index (χ3v) is 1.27. The van der Waals surface area contributed by atoms with E-state index >= 15 is 0 Å². The van der Waals surface area contributed by atoms with Crippen molar-refractivity contribution in [3.8, 4) is 0 Å². The topological polar surface area (TPSA) is 28.2 Å². The van der Waals surface area contributed by atoms with Gasteiger partial charge >= 0.3 is 37.7 Å². The van der Waals surface area contributed by atoms with Gasteiger partial charge in [-0.2, -0.15) is 13.1 Å². The van der Waals surface area contributed by atoms with E-state index in [0.29, 0.717) is 0 Å². The van der Waals surface area contributed by atoms with E-state index in [9.17, 15) is 0 Å². The molecule has 0 aromatic carbocycles. The molecule has 0 aliphatic rings. The van der Waals surface area contributed by atoms with Crippen molar-refractivity contribution in [2.45, 2.75) is 52.6 Å². The Balaban J connectivity index is -0.000000605. The largest absolute Gasteiger partial charge is 1.00 e. The summed E-state index contributed by atoms with van der Waals surface area (Å²) in [5.74, 6) is 0. The fraction of sp³-hybridized carbons (Fsp3) is 1.00. The second-order valence-electron chi connectivity index (χ2n) is 5.11. The van der Waals surface area contributed by atoms with Crippen LogP contribution in [-0.4, -0.2) is 24.2 Å². The molecule has 4 heteroatoms. The van der Waals surface area contributed by atoms with Crippen LogP contribution in [0, 0.1) is 0 Å². The SMILES string of the molecule is CC(C)(C)[N-]CC[N-]C(C)(C)C.[Li+].[Li+]. The van der Waals surface area contributed by atoms with E-state index in [-0.39, 0.29) is 48.8 Å². The second kappa shape index (κ2) is 8.29. The molecule has 0 saturated carbocycles. The summed E-state index contributed by atoms with van der Waals surface area (Å²) in [5, 5.41) is 8.93. The monoisotopic (exact) mass is 184 g/mol. The zero-order chi connectivity index (χ0) is 9.83. The Hall–Kier alpha value is 1.11. The molecule has 0 heterocycles. The first-order chi connectivity index (χ1) is 5.21. The zero-order valence-corrected chi connectivity index (χ0v) is 11.3. The zero-order valence-electron chi connectivity index (χ0n) is 11.3. The van der Waals surface area contributed by atoms with Gasteiger partial charge in [0.15, 0.2) is 0 Å². The van der Waals surface area contributed by atoms with Gasteiger partial charge in [0.1, 0.15) is 0 Å². The summed E-state index contributed by atoms with van der Waals surface area (Å²) in [6.07, 6.45) is 0. The van der Waals surface area contributed by atoms with Crippen molar-refractivity contribution in [2.24, 2.45) is 0 Å². The van der Waals surface area contributed by atoms with E-state index in [2.05, 4.69) is 52.2 Å². The molecule has 0 unspecified atom stereocenters. The van der Waals surface area contributed by atoms with Gasteiger partial charge in [0.25, 0.3) is 0 Å². The molecule has 0 aromatic heterocycles.